The molecule has 1 heterocycles. The number of ether oxygens (including phenoxy) is 1. The zero-order valence-electron chi connectivity index (χ0n) is 12.3. The molecule has 1 N–H and O–H groups in total. The van der Waals surface area contributed by atoms with Crippen LogP contribution >= 0.6 is 0 Å². The molecule has 1 atom stereocenters. The van der Waals surface area contributed by atoms with Crippen molar-refractivity contribution in [3.05, 3.63) is 29.6 Å². The summed E-state index contributed by atoms with van der Waals surface area (Å²) in [4.78, 5) is 11.8. The lowest BCUT2D eigenvalue weighted by molar-refractivity contribution is 0.0524. The Hall–Kier alpha value is -1.62. The maximum Gasteiger partial charge on any atom is 0.341 e. The normalized spacial score (nSPS) is 18.2. The van der Waals surface area contributed by atoms with Gasteiger partial charge in [0.25, 0.3) is 0 Å². The van der Waals surface area contributed by atoms with Crippen LogP contribution in [0.3, 0.4) is 0 Å². The molecule has 0 aromatic carbocycles. The van der Waals surface area contributed by atoms with Crippen LogP contribution in [0, 0.1) is 5.92 Å². The van der Waals surface area contributed by atoms with Gasteiger partial charge in [-0.15, -0.1) is 0 Å². The summed E-state index contributed by atoms with van der Waals surface area (Å²) in [5.74, 6) is 0.400. The molecule has 5 nitrogen and oxygen atoms in total. The first kappa shape index (κ1) is 14.8. The highest BCUT2D eigenvalue weighted by atomic mass is 16.5. The van der Waals surface area contributed by atoms with E-state index in [2.05, 4.69) is 22.6 Å². The van der Waals surface area contributed by atoms with Gasteiger partial charge in [-0.2, -0.15) is 5.10 Å². The van der Waals surface area contributed by atoms with Crippen molar-refractivity contribution in [2.75, 3.05) is 13.2 Å². The Morgan fingerprint density at radius 3 is 3.10 bits per heavy atom. The minimum atomic E-state index is -0.294. The Morgan fingerprint density at radius 1 is 1.55 bits per heavy atom. The largest absolute Gasteiger partial charge is 0.462 e. The van der Waals surface area contributed by atoms with Crippen molar-refractivity contribution in [3.8, 4) is 0 Å². The standard InChI is InChI=1S/C15H23N3O2/c1-3-20-15(19)13-10-17-18(2)14(13)11-16-9-12-7-5-4-6-8-12/h4-5,10,12,16H,3,6-9,11H2,1-2H3. The summed E-state index contributed by atoms with van der Waals surface area (Å²) in [6.07, 6.45) is 9.63. The molecule has 1 aliphatic carbocycles. The van der Waals surface area contributed by atoms with Crippen LogP contribution in [-0.4, -0.2) is 28.9 Å². The molecule has 2 rings (SSSR count). The first-order valence-corrected chi connectivity index (χ1v) is 7.26. The van der Waals surface area contributed by atoms with E-state index in [0.29, 0.717) is 24.6 Å². The number of carbonyl (C=O) groups is 1. The van der Waals surface area contributed by atoms with E-state index in [4.69, 9.17) is 4.74 Å². The summed E-state index contributed by atoms with van der Waals surface area (Å²) in [5, 5.41) is 7.58. The van der Waals surface area contributed by atoms with Gasteiger partial charge >= 0.3 is 5.97 Å². The first-order chi connectivity index (χ1) is 9.72. The summed E-state index contributed by atoms with van der Waals surface area (Å²) in [7, 11) is 1.85. The fourth-order valence-corrected chi connectivity index (χ4v) is 2.49. The van der Waals surface area contributed by atoms with Crippen LogP contribution in [0.1, 0.15) is 42.2 Å². The lowest BCUT2D eigenvalue weighted by Crippen LogP contribution is -2.25. The van der Waals surface area contributed by atoms with Crippen molar-refractivity contribution in [3.63, 3.8) is 0 Å². The van der Waals surface area contributed by atoms with E-state index in [1.54, 1.807) is 10.9 Å². The molecule has 1 aromatic heterocycles. The molecule has 1 aliphatic rings. The number of esters is 1. The number of nitrogens with one attached hydrogen (secondary N) is 1. The van der Waals surface area contributed by atoms with Gasteiger partial charge in [0.05, 0.1) is 18.5 Å². The van der Waals surface area contributed by atoms with Crippen LogP contribution < -0.4 is 5.32 Å². The maximum atomic E-state index is 11.8. The minimum absolute atomic E-state index is 0.294. The van der Waals surface area contributed by atoms with Crippen LogP contribution in [0.2, 0.25) is 0 Å². The zero-order chi connectivity index (χ0) is 14.4. The fourth-order valence-electron chi connectivity index (χ4n) is 2.49. The molecule has 1 unspecified atom stereocenters. The minimum Gasteiger partial charge on any atom is -0.462 e. The second-order valence-electron chi connectivity index (χ2n) is 5.13. The van der Waals surface area contributed by atoms with E-state index in [1.165, 1.54) is 12.8 Å². The summed E-state index contributed by atoms with van der Waals surface area (Å²) < 4.78 is 6.79. The van der Waals surface area contributed by atoms with Crippen molar-refractivity contribution in [1.29, 1.82) is 0 Å². The highest BCUT2D eigenvalue weighted by molar-refractivity contribution is 5.90. The lowest BCUT2D eigenvalue weighted by Gasteiger charge is -2.18. The lowest BCUT2D eigenvalue weighted by atomic mass is 9.94. The average molecular weight is 277 g/mol. The Labute approximate surface area is 120 Å². The van der Waals surface area contributed by atoms with E-state index in [1.807, 2.05) is 14.0 Å². The van der Waals surface area contributed by atoms with E-state index < -0.39 is 0 Å². The topological polar surface area (TPSA) is 56.1 Å². The van der Waals surface area contributed by atoms with Gasteiger partial charge in [-0.3, -0.25) is 4.68 Å². The van der Waals surface area contributed by atoms with Crippen molar-refractivity contribution in [2.24, 2.45) is 13.0 Å². The van der Waals surface area contributed by atoms with Crippen molar-refractivity contribution in [2.45, 2.75) is 32.7 Å². The molecule has 1 aromatic rings. The highest BCUT2D eigenvalue weighted by Crippen LogP contribution is 2.17. The summed E-state index contributed by atoms with van der Waals surface area (Å²) in [6.45, 7) is 3.81. The third-order valence-electron chi connectivity index (χ3n) is 3.66. The Kier molecular flexibility index (Phi) is 5.35. The number of hydrogen-bond donors (Lipinski definition) is 1. The summed E-state index contributed by atoms with van der Waals surface area (Å²) >= 11 is 0. The van der Waals surface area contributed by atoms with Gasteiger partial charge in [0.15, 0.2) is 0 Å². The molecule has 0 spiro atoms. The second-order valence-corrected chi connectivity index (χ2v) is 5.13. The predicted molar refractivity (Wildman–Crippen MR) is 77.4 cm³/mol. The van der Waals surface area contributed by atoms with E-state index in [0.717, 1.165) is 18.7 Å². The highest BCUT2D eigenvalue weighted by Gasteiger charge is 2.17. The molecule has 0 bridgehead atoms. The first-order valence-electron chi connectivity index (χ1n) is 7.26. The molecule has 0 saturated carbocycles. The van der Waals surface area contributed by atoms with E-state index in [9.17, 15) is 4.79 Å². The molecule has 0 radical (unpaired) electrons. The van der Waals surface area contributed by atoms with Crippen molar-refractivity contribution < 1.29 is 9.53 Å². The number of aromatic nitrogens is 2. The number of hydrogen-bond acceptors (Lipinski definition) is 4. The molecular weight excluding hydrogens is 254 g/mol. The molecule has 0 fully saturated rings. The number of allylic oxidation sites excluding steroid dienone is 2. The predicted octanol–water partition coefficient (Wildman–Crippen LogP) is 2.04. The smallest absolute Gasteiger partial charge is 0.341 e. The van der Waals surface area contributed by atoms with Crippen LogP contribution in [-0.2, 0) is 18.3 Å². The average Bonchev–Trinajstić information content (AvgIpc) is 2.82. The van der Waals surface area contributed by atoms with Crippen LogP contribution in [0.25, 0.3) is 0 Å². The molecule has 5 heteroatoms. The third-order valence-corrected chi connectivity index (χ3v) is 3.66. The number of aryl methyl sites for hydroxylation is 1. The third kappa shape index (κ3) is 3.70. The quantitative estimate of drug-likeness (QED) is 0.638. The Bertz CT molecular complexity index is 479. The van der Waals surface area contributed by atoms with E-state index >= 15 is 0 Å². The zero-order valence-corrected chi connectivity index (χ0v) is 12.3. The van der Waals surface area contributed by atoms with Crippen LogP contribution in [0.5, 0.6) is 0 Å². The monoisotopic (exact) mass is 277 g/mol. The Morgan fingerprint density at radius 2 is 2.40 bits per heavy atom. The number of rotatable bonds is 6. The van der Waals surface area contributed by atoms with Crippen LogP contribution in [0.4, 0.5) is 0 Å². The van der Waals surface area contributed by atoms with Gasteiger partial charge in [0.1, 0.15) is 5.56 Å². The second kappa shape index (κ2) is 7.24. The van der Waals surface area contributed by atoms with Gasteiger partial charge in [-0.25, -0.2) is 4.79 Å². The number of carbonyl (C=O) groups excluding carboxylic acids is 1. The van der Waals surface area contributed by atoms with Gasteiger partial charge in [-0.05, 0) is 38.6 Å². The SMILES string of the molecule is CCOC(=O)c1cnn(C)c1CNCC1CC=CCC1. The molecule has 0 saturated heterocycles. The van der Waals surface area contributed by atoms with Crippen molar-refractivity contribution in [1.82, 2.24) is 15.1 Å². The van der Waals surface area contributed by atoms with Crippen molar-refractivity contribution >= 4 is 5.97 Å². The Balaban J connectivity index is 1.90. The summed E-state index contributed by atoms with van der Waals surface area (Å²) in [6, 6.07) is 0. The molecule has 0 aliphatic heterocycles. The van der Waals surface area contributed by atoms with E-state index in [-0.39, 0.29) is 5.97 Å². The number of nitrogens with zero attached hydrogens (tertiary/aromatic N) is 2. The van der Waals surface area contributed by atoms with Crippen LogP contribution in [0.15, 0.2) is 18.3 Å². The molecular formula is C15H23N3O2. The molecule has 110 valence electrons. The maximum absolute atomic E-state index is 11.8. The van der Waals surface area contributed by atoms with Gasteiger partial charge < -0.3 is 10.1 Å². The fraction of sp³-hybridized carbons (Fsp3) is 0.600. The molecule has 20 heavy (non-hydrogen) atoms. The molecule has 0 amide bonds. The van der Waals surface area contributed by atoms with Gasteiger partial charge in [-0.1, -0.05) is 12.2 Å². The summed E-state index contributed by atoms with van der Waals surface area (Å²) in [5.41, 5.74) is 1.44. The van der Waals surface area contributed by atoms with Gasteiger partial charge in [0, 0.05) is 13.6 Å². The van der Waals surface area contributed by atoms with Gasteiger partial charge in [0.2, 0.25) is 0 Å².